The van der Waals surface area contributed by atoms with E-state index in [2.05, 4.69) is 4.98 Å². The highest BCUT2D eigenvalue weighted by Crippen LogP contribution is 2.46. The van der Waals surface area contributed by atoms with Gasteiger partial charge in [0.15, 0.2) is 11.5 Å². The Hall–Kier alpha value is -1.93. The van der Waals surface area contributed by atoms with E-state index in [1.165, 1.54) is 11.8 Å². The van der Waals surface area contributed by atoms with Gasteiger partial charge in [-0.05, 0) is 24.6 Å². The minimum absolute atomic E-state index is 0.118. The SMILES string of the molecule is CCOC(=O)[C@H]1CSc2[nH]c(=O)sc2[C@@H]1c1ccc(OC)c(OC)c1. The number of hydrogen-bond acceptors (Lipinski definition) is 7. The highest BCUT2D eigenvalue weighted by molar-refractivity contribution is 7.99. The van der Waals surface area contributed by atoms with Crippen LogP contribution in [0.5, 0.6) is 11.5 Å². The average molecular weight is 381 g/mol. The second kappa shape index (κ2) is 7.53. The van der Waals surface area contributed by atoms with Crippen molar-refractivity contribution in [1.82, 2.24) is 4.98 Å². The van der Waals surface area contributed by atoms with Gasteiger partial charge in [-0.15, -0.1) is 11.8 Å². The van der Waals surface area contributed by atoms with Crippen molar-refractivity contribution in [2.45, 2.75) is 17.9 Å². The van der Waals surface area contributed by atoms with E-state index in [9.17, 15) is 9.59 Å². The van der Waals surface area contributed by atoms with Gasteiger partial charge in [-0.2, -0.15) is 0 Å². The van der Waals surface area contributed by atoms with Crippen molar-refractivity contribution in [2.24, 2.45) is 5.92 Å². The molecule has 0 saturated carbocycles. The van der Waals surface area contributed by atoms with Gasteiger partial charge in [-0.25, -0.2) is 0 Å². The van der Waals surface area contributed by atoms with Gasteiger partial charge in [0.25, 0.3) is 0 Å². The summed E-state index contributed by atoms with van der Waals surface area (Å²) in [6.45, 7) is 2.12. The second-order valence-corrected chi connectivity index (χ2v) is 7.51. The molecule has 0 aliphatic carbocycles. The zero-order chi connectivity index (χ0) is 18.0. The van der Waals surface area contributed by atoms with Crippen molar-refractivity contribution < 1.29 is 19.0 Å². The van der Waals surface area contributed by atoms with Gasteiger partial charge in [0.1, 0.15) is 0 Å². The first kappa shape index (κ1) is 17.9. The lowest BCUT2D eigenvalue weighted by molar-refractivity contribution is -0.147. The molecule has 1 aromatic heterocycles. The number of benzene rings is 1. The first-order valence-corrected chi connectivity index (χ1v) is 9.63. The van der Waals surface area contributed by atoms with E-state index in [4.69, 9.17) is 14.2 Å². The van der Waals surface area contributed by atoms with Crippen LogP contribution < -0.4 is 14.3 Å². The predicted molar refractivity (Wildman–Crippen MR) is 97.2 cm³/mol. The molecular formula is C17H19NO5S2. The second-order valence-electron chi connectivity index (χ2n) is 5.47. The minimum Gasteiger partial charge on any atom is -0.493 e. The Morgan fingerprint density at radius 3 is 2.72 bits per heavy atom. The van der Waals surface area contributed by atoms with Gasteiger partial charge >= 0.3 is 10.8 Å². The van der Waals surface area contributed by atoms with Gasteiger partial charge in [0, 0.05) is 16.5 Å². The van der Waals surface area contributed by atoms with E-state index >= 15 is 0 Å². The Morgan fingerprint density at radius 2 is 2.04 bits per heavy atom. The predicted octanol–water partition coefficient (Wildman–Crippen LogP) is 2.87. The molecule has 0 saturated heterocycles. The molecule has 0 unspecified atom stereocenters. The maximum absolute atomic E-state index is 12.5. The number of aromatic nitrogens is 1. The summed E-state index contributed by atoms with van der Waals surface area (Å²) in [7, 11) is 3.15. The first-order valence-electron chi connectivity index (χ1n) is 7.83. The Kier molecular flexibility index (Phi) is 5.39. The number of hydrogen-bond donors (Lipinski definition) is 1. The van der Waals surface area contributed by atoms with Crippen molar-refractivity contribution in [1.29, 1.82) is 0 Å². The summed E-state index contributed by atoms with van der Waals surface area (Å²) in [5, 5.41) is 0.829. The Balaban J connectivity index is 2.10. The van der Waals surface area contributed by atoms with Crippen LogP contribution in [0, 0.1) is 5.92 Å². The number of H-pyrrole nitrogens is 1. The molecular weight excluding hydrogens is 362 g/mol. The molecule has 0 spiro atoms. The fourth-order valence-corrected chi connectivity index (χ4v) is 5.37. The molecule has 3 rings (SSSR count). The lowest BCUT2D eigenvalue weighted by atomic mass is 9.85. The Bertz CT molecular complexity index is 829. The minimum atomic E-state index is -0.359. The molecule has 1 N–H and O–H groups in total. The summed E-state index contributed by atoms with van der Waals surface area (Å²) in [5.74, 6) is 0.900. The number of nitrogens with one attached hydrogen (secondary N) is 1. The van der Waals surface area contributed by atoms with Crippen molar-refractivity contribution in [3.8, 4) is 11.5 Å². The van der Waals surface area contributed by atoms with Gasteiger partial charge in [-0.1, -0.05) is 17.4 Å². The van der Waals surface area contributed by atoms with Crippen LogP contribution in [-0.2, 0) is 9.53 Å². The number of rotatable bonds is 5. The standard InChI is InChI=1S/C17H19NO5S2/c1-4-23-16(19)10-8-24-15-14(25-17(20)18-15)13(10)9-5-6-11(21-2)12(7-9)22-3/h5-7,10,13H,4,8H2,1-3H3,(H,18,20)/t10-,13+/m0/s1. The molecule has 6 nitrogen and oxygen atoms in total. The molecule has 1 aliphatic rings. The van der Waals surface area contributed by atoms with Crippen molar-refractivity contribution in [3.05, 3.63) is 38.3 Å². The first-order chi connectivity index (χ1) is 12.1. The van der Waals surface area contributed by atoms with Crippen molar-refractivity contribution in [2.75, 3.05) is 26.6 Å². The number of methoxy groups -OCH3 is 2. The van der Waals surface area contributed by atoms with Gasteiger partial charge in [-0.3, -0.25) is 9.59 Å². The molecule has 1 aromatic carbocycles. The third-order valence-corrected chi connectivity index (χ3v) is 6.32. The topological polar surface area (TPSA) is 77.6 Å². The number of thiazole rings is 1. The van der Waals surface area contributed by atoms with Crippen molar-refractivity contribution >= 4 is 29.1 Å². The average Bonchev–Trinajstić information content (AvgIpc) is 3.00. The Morgan fingerprint density at radius 1 is 1.28 bits per heavy atom. The molecule has 0 amide bonds. The van der Waals surface area contributed by atoms with Crippen LogP contribution in [0.25, 0.3) is 0 Å². The summed E-state index contributed by atoms with van der Waals surface area (Å²) in [6, 6.07) is 5.58. The zero-order valence-electron chi connectivity index (χ0n) is 14.2. The van der Waals surface area contributed by atoms with Crippen LogP contribution in [0.2, 0.25) is 0 Å². The summed E-state index contributed by atoms with van der Waals surface area (Å²) < 4.78 is 15.9. The number of ether oxygens (including phenoxy) is 3. The molecule has 1 aliphatic heterocycles. The number of carbonyl (C=O) groups excluding carboxylic acids is 1. The summed E-state index contributed by atoms with van der Waals surface area (Å²) >= 11 is 2.63. The number of carbonyl (C=O) groups is 1. The quantitative estimate of drug-likeness (QED) is 0.803. The molecule has 2 aromatic rings. The summed E-state index contributed by atoms with van der Waals surface area (Å²) in [5.41, 5.74) is 0.896. The van der Waals surface area contributed by atoms with Crippen LogP contribution in [0.15, 0.2) is 28.0 Å². The molecule has 0 fully saturated rings. The molecule has 2 heterocycles. The van der Waals surface area contributed by atoms with Gasteiger partial charge < -0.3 is 19.2 Å². The normalized spacial score (nSPS) is 19.2. The number of aromatic amines is 1. The van der Waals surface area contributed by atoms with Crippen molar-refractivity contribution in [3.63, 3.8) is 0 Å². The van der Waals surface area contributed by atoms with E-state index in [0.29, 0.717) is 23.9 Å². The lowest BCUT2D eigenvalue weighted by Gasteiger charge is -2.29. The van der Waals surface area contributed by atoms with E-state index < -0.39 is 0 Å². The monoisotopic (exact) mass is 381 g/mol. The number of esters is 1. The van der Waals surface area contributed by atoms with E-state index in [1.807, 2.05) is 18.2 Å². The molecule has 8 heteroatoms. The zero-order valence-corrected chi connectivity index (χ0v) is 15.8. The van der Waals surface area contributed by atoms with Crippen LogP contribution in [0.3, 0.4) is 0 Å². The third-order valence-electron chi connectivity index (χ3n) is 4.09. The lowest BCUT2D eigenvalue weighted by Crippen LogP contribution is -2.29. The molecule has 2 atom stereocenters. The summed E-state index contributed by atoms with van der Waals surface area (Å²) in [6.07, 6.45) is 0. The molecule has 0 radical (unpaired) electrons. The van der Waals surface area contributed by atoms with E-state index in [1.54, 1.807) is 21.1 Å². The maximum atomic E-state index is 12.5. The van der Waals surface area contributed by atoms with Crippen LogP contribution in [0.1, 0.15) is 23.3 Å². The van der Waals surface area contributed by atoms with Crippen LogP contribution >= 0.6 is 23.1 Å². The van der Waals surface area contributed by atoms with Crippen LogP contribution in [-0.4, -0.2) is 37.5 Å². The molecule has 0 bridgehead atoms. The van der Waals surface area contributed by atoms with E-state index in [-0.39, 0.29) is 22.7 Å². The smallest absolute Gasteiger partial charge is 0.310 e. The highest BCUT2D eigenvalue weighted by Gasteiger charge is 2.39. The highest BCUT2D eigenvalue weighted by atomic mass is 32.2. The van der Waals surface area contributed by atoms with Gasteiger partial charge in [0.2, 0.25) is 0 Å². The number of thioether (sulfide) groups is 1. The van der Waals surface area contributed by atoms with E-state index in [0.717, 1.165) is 26.8 Å². The maximum Gasteiger partial charge on any atom is 0.310 e. The summed E-state index contributed by atoms with van der Waals surface area (Å²) in [4.78, 5) is 28.0. The largest absolute Gasteiger partial charge is 0.493 e. The molecule has 134 valence electrons. The number of fused-ring (bicyclic) bond motifs is 1. The third kappa shape index (κ3) is 3.41. The van der Waals surface area contributed by atoms with Crippen LogP contribution in [0.4, 0.5) is 0 Å². The fraction of sp³-hybridized carbons (Fsp3) is 0.412. The molecule has 25 heavy (non-hydrogen) atoms. The fourth-order valence-electron chi connectivity index (χ4n) is 2.97. The van der Waals surface area contributed by atoms with Gasteiger partial charge in [0.05, 0.1) is 31.8 Å². The Labute approximate surface area is 153 Å².